The molecule has 2 aromatic rings. The lowest BCUT2D eigenvalue weighted by Crippen LogP contribution is -2.24. The van der Waals surface area contributed by atoms with Crippen molar-refractivity contribution in [1.29, 1.82) is 0 Å². The van der Waals surface area contributed by atoms with Crippen LogP contribution in [0.3, 0.4) is 0 Å². The van der Waals surface area contributed by atoms with Crippen molar-refractivity contribution in [3.63, 3.8) is 0 Å². The van der Waals surface area contributed by atoms with Crippen LogP contribution in [0.5, 0.6) is 11.5 Å². The topological polar surface area (TPSA) is 93.3 Å². The van der Waals surface area contributed by atoms with Crippen molar-refractivity contribution in [2.75, 3.05) is 19.5 Å². The van der Waals surface area contributed by atoms with Crippen molar-refractivity contribution < 1.29 is 14.3 Å². The molecule has 1 atom stereocenters. The van der Waals surface area contributed by atoms with Crippen molar-refractivity contribution in [1.82, 2.24) is 9.97 Å². The van der Waals surface area contributed by atoms with Crippen molar-refractivity contribution >= 4 is 35.1 Å². The molecule has 1 aromatic heterocycles. The molecule has 0 saturated carbocycles. The molecule has 0 aliphatic carbocycles. The molecule has 1 unspecified atom stereocenters. The van der Waals surface area contributed by atoms with Gasteiger partial charge in [0.25, 0.3) is 5.56 Å². The monoisotopic (exact) mass is 393 g/mol. The van der Waals surface area contributed by atoms with Crippen molar-refractivity contribution in [3.8, 4) is 11.5 Å². The van der Waals surface area contributed by atoms with Gasteiger partial charge in [-0.1, -0.05) is 11.8 Å². The first kappa shape index (κ1) is 18.7. The fourth-order valence-corrected chi connectivity index (χ4v) is 4.31. The van der Waals surface area contributed by atoms with Gasteiger partial charge in [0.2, 0.25) is 5.91 Å². The number of nitrogens with one attached hydrogen (secondary N) is 2. The number of rotatable bonds is 6. The molecule has 26 heavy (non-hydrogen) atoms. The SMILES string of the molecule is COc1ccc(OC)c(NC(=O)C(C)Sc2nc3c(c(=O)[nH]2)CSC3)c1. The highest BCUT2D eigenvalue weighted by Crippen LogP contribution is 2.31. The summed E-state index contributed by atoms with van der Waals surface area (Å²) in [6.45, 7) is 1.76. The summed E-state index contributed by atoms with van der Waals surface area (Å²) in [6.07, 6.45) is 0. The Balaban J connectivity index is 1.73. The van der Waals surface area contributed by atoms with Gasteiger partial charge < -0.3 is 19.8 Å². The lowest BCUT2D eigenvalue weighted by Gasteiger charge is -2.15. The van der Waals surface area contributed by atoms with Gasteiger partial charge in [-0.15, -0.1) is 0 Å². The van der Waals surface area contributed by atoms with E-state index in [0.717, 1.165) is 17.0 Å². The molecule has 0 saturated heterocycles. The van der Waals surface area contributed by atoms with E-state index in [1.54, 1.807) is 44.0 Å². The van der Waals surface area contributed by atoms with Crippen molar-refractivity contribution in [2.24, 2.45) is 0 Å². The Labute approximate surface area is 159 Å². The predicted octanol–water partition coefficient (Wildman–Crippen LogP) is 2.65. The average molecular weight is 393 g/mol. The van der Waals surface area contributed by atoms with Crippen molar-refractivity contribution in [3.05, 3.63) is 39.8 Å². The molecule has 1 amide bonds. The minimum Gasteiger partial charge on any atom is -0.497 e. The fraction of sp³-hybridized carbons (Fsp3) is 0.353. The maximum absolute atomic E-state index is 12.6. The minimum atomic E-state index is -0.457. The highest BCUT2D eigenvalue weighted by Gasteiger charge is 2.21. The summed E-state index contributed by atoms with van der Waals surface area (Å²) in [4.78, 5) is 31.8. The van der Waals surface area contributed by atoms with E-state index in [1.165, 1.54) is 18.9 Å². The van der Waals surface area contributed by atoms with Gasteiger partial charge in [0, 0.05) is 23.1 Å². The minimum absolute atomic E-state index is 0.121. The molecular formula is C17H19N3O4S2. The molecule has 2 heterocycles. The first-order chi connectivity index (χ1) is 12.5. The Kier molecular flexibility index (Phi) is 5.77. The molecule has 0 bridgehead atoms. The molecular weight excluding hydrogens is 374 g/mol. The van der Waals surface area contributed by atoms with Crippen LogP contribution in [-0.4, -0.2) is 35.3 Å². The second-order valence-corrected chi connectivity index (χ2v) is 7.92. The van der Waals surface area contributed by atoms with Crippen LogP contribution in [0.15, 0.2) is 28.2 Å². The predicted molar refractivity (Wildman–Crippen MR) is 103 cm³/mol. The number of hydrogen-bond donors (Lipinski definition) is 2. The number of benzene rings is 1. The smallest absolute Gasteiger partial charge is 0.255 e. The Hall–Kier alpha value is -2.13. The van der Waals surface area contributed by atoms with Crippen LogP contribution in [0.4, 0.5) is 5.69 Å². The highest BCUT2D eigenvalue weighted by atomic mass is 32.2. The fourth-order valence-electron chi connectivity index (χ4n) is 2.46. The zero-order valence-corrected chi connectivity index (χ0v) is 16.3. The first-order valence-electron chi connectivity index (χ1n) is 7.91. The first-order valence-corrected chi connectivity index (χ1v) is 9.94. The molecule has 3 rings (SSSR count). The quantitative estimate of drug-likeness (QED) is 0.576. The Morgan fingerprint density at radius 1 is 1.35 bits per heavy atom. The number of methoxy groups -OCH3 is 2. The van der Waals surface area contributed by atoms with Crippen LogP contribution in [-0.2, 0) is 16.3 Å². The van der Waals surface area contributed by atoms with Gasteiger partial charge in [-0.25, -0.2) is 4.98 Å². The molecule has 2 N–H and O–H groups in total. The van der Waals surface area contributed by atoms with E-state index >= 15 is 0 Å². The molecule has 1 aromatic carbocycles. The average Bonchev–Trinajstić information content (AvgIpc) is 3.10. The number of carbonyl (C=O) groups excluding carboxylic acids is 1. The summed E-state index contributed by atoms with van der Waals surface area (Å²) in [5.74, 6) is 2.35. The van der Waals surface area contributed by atoms with Gasteiger partial charge in [0.1, 0.15) is 11.5 Å². The molecule has 1 aliphatic rings. The number of H-pyrrole nitrogens is 1. The molecule has 9 heteroatoms. The number of fused-ring (bicyclic) bond motifs is 1. The Bertz CT molecular complexity index is 885. The van der Waals surface area contributed by atoms with Gasteiger partial charge in [0.05, 0.1) is 30.9 Å². The zero-order valence-electron chi connectivity index (χ0n) is 14.6. The normalized spacial score (nSPS) is 13.8. The number of hydrogen-bond acceptors (Lipinski definition) is 7. The summed E-state index contributed by atoms with van der Waals surface area (Å²) in [5.41, 5.74) is 1.95. The third-order valence-corrected chi connectivity index (χ3v) is 5.84. The number of carbonyl (C=O) groups is 1. The summed E-state index contributed by atoms with van der Waals surface area (Å²) in [7, 11) is 3.09. The maximum atomic E-state index is 12.6. The molecule has 7 nitrogen and oxygen atoms in total. The van der Waals surface area contributed by atoms with E-state index in [-0.39, 0.29) is 11.5 Å². The van der Waals surface area contributed by atoms with E-state index in [9.17, 15) is 9.59 Å². The third-order valence-electron chi connectivity index (χ3n) is 3.89. The number of ether oxygens (including phenoxy) is 2. The van der Waals surface area contributed by atoms with Gasteiger partial charge in [0.15, 0.2) is 5.16 Å². The van der Waals surface area contributed by atoms with Crippen LogP contribution in [0.1, 0.15) is 18.2 Å². The van der Waals surface area contributed by atoms with Crippen LogP contribution in [0, 0.1) is 0 Å². The van der Waals surface area contributed by atoms with Crippen molar-refractivity contribution in [2.45, 2.75) is 28.8 Å². The van der Waals surface area contributed by atoms with Gasteiger partial charge in [-0.3, -0.25) is 9.59 Å². The highest BCUT2D eigenvalue weighted by molar-refractivity contribution is 8.00. The number of anilines is 1. The second kappa shape index (κ2) is 8.05. The number of aromatic amines is 1. The molecule has 1 aliphatic heterocycles. The number of amides is 1. The molecule has 0 radical (unpaired) electrons. The lowest BCUT2D eigenvalue weighted by atomic mass is 10.2. The molecule has 0 fully saturated rings. The Morgan fingerprint density at radius 3 is 2.88 bits per heavy atom. The summed E-state index contributed by atoms with van der Waals surface area (Å²) >= 11 is 2.88. The summed E-state index contributed by atoms with van der Waals surface area (Å²) < 4.78 is 10.5. The number of nitrogens with zero attached hydrogens (tertiary/aromatic N) is 1. The van der Waals surface area contributed by atoms with E-state index < -0.39 is 5.25 Å². The maximum Gasteiger partial charge on any atom is 0.255 e. The van der Waals surface area contributed by atoms with E-state index in [4.69, 9.17) is 9.47 Å². The largest absolute Gasteiger partial charge is 0.497 e. The third kappa shape index (κ3) is 3.99. The summed E-state index contributed by atoms with van der Waals surface area (Å²) in [6, 6.07) is 5.17. The standard InChI is InChI=1S/C17H19N3O4S2/c1-9(26-17-19-13-8-25-7-11(13)16(22)20-17)15(21)18-12-6-10(23-2)4-5-14(12)24-3/h4-6,9H,7-8H2,1-3H3,(H,18,21)(H,19,20,22). The van der Waals surface area contributed by atoms with Gasteiger partial charge in [-0.2, -0.15) is 11.8 Å². The van der Waals surface area contributed by atoms with Gasteiger partial charge >= 0.3 is 0 Å². The lowest BCUT2D eigenvalue weighted by molar-refractivity contribution is -0.115. The second-order valence-electron chi connectivity index (χ2n) is 5.60. The van der Waals surface area contributed by atoms with Crippen LogP contribution >= 0.6 is 23.5 Å². The number of thioether (sulfide) groups is 2. The summed E-state index contributed by atoms with van der Waals surface area (Å²) in [5, 5.41) is 2.83. The molecule has 0 spiro atoms. The van der Waals surface area contributed by atoms with E-state index in [1.807, 2.05) is 0 Å². The van der Waals surface area contributed by atoms with Crippen LogP contribution in [0.2, 0.25) is 0 Å². The van der Waals surface area contributed by atoms with Crippen LogP contribution in [0.25, 0.3) is 0 Å². The zero-order chi connectivity index (χ0) is 18.7. The number of aromatic nitrogens is 2. The van der Waals surface area contributed by atoms with Gasteiger partial charge in [-0.05, 0) is 19.1 Å². The Morgan fingerprint density at radius 2 is 2.15 bits per heavy atom. The van der Waals surface area contributed by atoms with Crippen LogP contribution < -0.4 is 20.3 Å². The molecule has 138 valence electrons. The van der Waals surface area contributed by atoms with E-state index in [0.29, 0.717) is 28.1 Å². The van der Waals surface area contributed by atoms with E-state index in [2.05, 4.69) is 15.3 Å².